The van der Waals surface area contributed by atoms with Gasteiger partial charge in [0.2, 0.25) is 5.91 Å². The third-order valence-corrected chi connectivity index (χ3v) is 3.79. The highest BCUT2D eigenvalue weighted by molar-refractivity contribution is 7.99. The van der Waals surface area contributed by atoms with Crippen LogP contribution in [0, 0.1) is 6.92 Å². The Morgan fingerprint density at radius 2 is 1.90 bits per heavy atom. The molecule has 20 heavy (non-hydrogen) atoms. The summed E-state index contributed by atoms with van der Waals surface area (Å²) in [5.41, 5.74) is 1.21. The standard InChI is InChI=1S/C15H21NO3S/c1-3-9-16(11-15(18)19)14(17)8-10-20-13-6-4-12(2)5-7-13/h4-7H,3,8-11H2,1-2H3,(H,18,19). The molecule has 0 saturated carbocycles. The van der Waals surface area contributed by atoms with Crippen LogP contribution < -0.4 is 0 Å². The van der Waals surface area contributed by atoms with Crippen LogP contribution in [0.4, 0.5) is 0 Å². The molecule has 0 radical (unpaired) electrons. The summed E-state index contributed by atoms with van der Waals surface area (Å²) in [6.07, 6.45) is 1.13. The van der Waals surface area contributed by atoms with Crippen molar-refractivity contribution in [3.05, 3.63) is 29.8 Å². The van der Waals surface area contributed by atoms with Gasteiger partial charge in [0, 0.05) is 23.6 Å². The van der Waals surface area contributed by atoms with Gasteiger partial charge in [0.1, 0.15) is 6.54 Å². The molecule has 0 bridgehead atoms. The van der Waals surface area contributed by atoms with Crippen molar-refractivity contribution in [3.8, 4) is 0 Å². The zero-order valence-electron chi connectivity index (χ0n) is 12.0. The number of carboxylic acid groups (broad SMARTS) is 1. The fourth-order valence-corrected chi connectivity index (χ4v) is 2.61. The molecule has 1 aromatic carbocycles. The summed E-state index contributed by atoms with van der Waals surface area (Å²) in [6.45, 7) is 4.26. The van der Waals surface area contributed by atoms with Crippen LogP contribution in [0.2, 0.25) is 0 Å². The zero-order valence-corrected chi connectivity index (χ0v) is 12.8. The van der Waals surface area contributed by atoms with Gasteiger partial charge in [-0.2, -0.15) is 0 Å². The average molecular weight is 295 g/mol. The van der Waals surface area contributed by atoms with Crippen molar-refractivity contribution in [2.75, 3.05) is 18.8 Å². The lowest BCUT2D eigenvalue weighted by Crippen LogP contribution is -2.36. The fraction of sp³-hybridized carbons (Fsp3) is 0.467. The molecule has 0 spiro atoms. The normalized spacial score (nSPS) is 10.3. The molecule has 5 heteroatoms. The fourth-order valence-electron chi connectivity index (χ4n) is 1.77. The van der Waals surface area contributed by atoms with E-state index in [4.69, 9.17) is 5.11 Å². The van der Waals surface area contributed by atoms with Crippen molar-refractivity contribution in [2.45, 2.75) is 31.6 Å². The van der Waals surface area contributed by atoms with Gasteiger partial charge in [-0.05, 0) is 25.5 Å². The molecule has 0 unspecified atom stereocenters. The molecule has 0 aliphatic rings. The van der Waals surface area contributed by atoms with Gasteiger partial charge < -0.3 is 10.0 Å². The molecule has 1 amide bonds. The van der Waals surface area contributed by atoms with Crippen LogP contribution in [0.5, 0.6) is 0 Å². The smallest absolute Gasteiger partial charge is 0.323 e. The number of carboxylic acids is 1. The first-order valence-electron chi connectivity index (χ1n) is 6.72. The Morgan fingerprint density at radius 3 is 2.45 bits per heavy atom. The minimum Gasteiger partial charge on any atom is -0.480 e. The van der Waals surface area contributed by atoms with Gasteiger partial charge in [0.15, 0.2) is 0 Å². The van der Waals surface area contributed by atoms with Crippen molar-refractivity contribution >= 4 is 23.6 Å². The van der Waals surface area contributed by atoms with Gasteiger partial charge >= 0.3 is 5.97 Å². The highest BCUT2D eigenvalue weighted by Gasteiger charge is 2.15. The Balaban J connectivity index is 2.40. The topological polar surface area (TPSA) is 57.6 Å². The Hall–Kier alpha value is -1.49. The van der Waals surface area contributed by atoms with E-state index in [0.29, 0.717) is 18.7 Å². The average Bonchev–Trinajstić information content (AvgIpc) is 2.40. The number of amides is 1. The number of hydrogen-bond donors (Lipinski definition) is 1. The number of thioether (sulfide) groups is 1. The summed E-state index contributed by atoms with van der Waals surface area (Å²) in [4.78, 5) is 25.2. The number of benzene rings is 1. The number of aliphatic carboxylic acids is 1. The van der Waals surface area contributed by atoms with Crippen LogP contribution in [0.1, 0.15) is 25.3 Å². The van der Waals surface area contributed by atoms with Crippen molar-refractivity contribution in [1.82, 2.24) is 4.90 Å². The summed E-state index contributed by atoms with van der Waals surface area (Å²) in [6, 6.07) is 8.15. The highest BCUT2D eigenvalue weighted by atomic mass is 32.2. The van der Waals surface area contributed by atoms with Gasteiger partial charge in [-0.15, -0.1) is 11.8 Å². The second-order valence-corrected chi connectivity index (χ2v) is 5.79. The van der Waals surface area contributed by atoms with Gasteiger partial charge in [-0.3, -0.25) is 9.59 Å². The van der Waals surface area contributed by atoms with E-state index in [0.717, 1.165) is 11.3 Å². The number of carbonyl (C=O) groups excluding carboxylic acids is 1. The third kappa shape index (κ3) is 6.10. The number of nitrogens with zero attached hydrogens (tertiary/aromatic N) is 1. The summed E-state index contributed by atoms with van der Waals surface area (Å²) in [7, 11) is 0. The van der Waals surface area contributed by atoms with Gasteiger partial charge in [0.05, 0.1) is 0 Å². The molecule has 0 saturated heterocycles. The zero-order chi connectivity index (χ0) is 15.0. The maximum atomic E-state index is 12.0. The molecular weight excluding hydrogens is 274 g/mol. The molecular formula is C15H21NO3S. The minimum atomic E-state index is -0.960. The molecule has 0 fully saturated rings. The maximum Gasteiger partial charge on any atom is 0.323 e. The highest BCUT2D eigenvalue weighted by Crippen LogP contribution is 2.19. The second-order valence-electron chi connectivity index (χ2n) is 4.62. The predicted molar refractivity (Wildman–Crippen MR) is 81.0 cm³/mol. The lowest BCUT2D eigenvalue weighted by atomic mass is 10.2. The Bertz CT molecular complexity index is 445. The van der Waals surface area contributed by atoms with E-state index in [1.165, 1.54) is 10.5 Å². The first-order valence-corrected chi connectivity index (χ1v) is 7.70. The van der Waals surface area contributed by atoms with E-state index >= 15 is 0 Å². The molecule has 0 aromatic heterocycles. The predicted octanol–water partition coefficient (Wildman–Crippen LogP) is 2.80. The molecule has 1 aromatic rings. The lowest BCUT2D eigenvalue weighted by molar-refractivity contribution is -0.144. The Morgan fingerprint density at radius 1 is 1.25 bits per heavy atom. The van der Waals surface area contributed by atoms with E-state index in [1.807, 2.05) is 38.1 Å². The third-order valence-electron chi connectivity index (χ3n) is 2.78. The number of rotatable bonds is 8. The van der Waals surface area contributed by atoms with Crippen LogP contribution >= 0.6 is 11.8 Å². The van der Waals surface area contributed by atoms with E-state index in [2.05, 4.69) is 0 Å². The van der Waals surface area contributed by atoms with Crippen LogP contribution in [-0.2, 0) is 9.59 Å². The van der Waals surface area contributed by atoms with Crippen LogP contribution in [0.15, 0.2) is 29.2 Å². The maximum absolute atomic E-state index is 12.0. The molecule has 1 rings (SSSR count). The van der Waals surface area contributed by atoms with Gasteiger partial charge in [-0.25, -0.2) is 0 Å². The molecule has 0 aliphatic heterocycles. The van der Waals surface area contributed by atoms with E-state index in [1.54, 1.807) is 11.8 Å². The molecule has 0 aliphatic carbocycles. The molecule has 0 atom stereocenters. The van der Waals surface area contributed by atoms with Crippen LogP contribution in [0.25, 0.3) is 0 Å². The quantitative estimate of drug-likeness (QED) is 0.749. The number of carbonyl (C=O) groups is 2. The first-order chi connectivity index (χ1) is 9.52. The summed E-state index contributed by atoms with van der Waals surface area (Å²) in [5, 5.41) is 8.79. The molecule has 0 heterocycles. The van der Waals surface area contributed by atoms with Gasteiger partial charge in [0.25, 0.3) is 0 Å². The number of aryl methyl sites for hydroxylation is 1. The molecule has 4 nitrogen and oxygen atoms in total. The minimum absolute atomic E-state index is 0.0890. The van der Waals surface area contributed by atoms with Crippen molar-refractivity contribution in [1.29, 1.82) is 0 Å². The first kappa shape index (κ1) is 16.6. The van der Waals surface area contributed by atoms with Crippen LogP contribution in [0.3, 0.4) is 0 Å². The van der Waals surface area contributed by atoms with Crippen molar-refractivity contribution < 1.29 is 14.7 Å². The number of hydrogen-bond acceptors (Lipinski definition) is 3. The van der Waals surface area contributed by atoms with Crippen molar-refractivity contribution in [3.63, 3.8) is 0 Å². The second kappa shape index (κ2) is 8.64. The van der Waals surface area contributed by atoms with Gasteiger partial charge in [-0.1, -0.05) is 24.6 Å². The monoisotopic (exact) mass is 295 g/mol. The summed E-state index contributed by atoms with van der Waals surface area (Å²) < 4.78 is 0. The van der Waals surface area contributed by atoms with E-state index < -0.39 is 5.97 Å². The summed E-state index contributed by atoms with van der Waals surface area (Å²) >= 11 is 1.62. The van der Waals surface area contributed by atoms with E-state index in [-0.39, 0.29) is 12.5 Å². The Labute approximate surface area is 124 Å². The molecule has 1 N–H and O–H groups in total. The molecule has 110 valence electrons. The van der Waals surface area contributed by atoms with E-state index in [9.17, 15) is 9.59 Å². The van der Waals surface area contributed by atoms with Crippen LogP contribution in [-0.4, -0.2) is 40.7 Å². The summed E-state index contributed by atoms with van der Waals surface area (Å²) in [5.74, 6) is -0.381. The lowest BCUT2D eigenvalue weighted by Gasteiger charge is -2.19. The SMILES string of the molecule is CCCN(CC(=O)O)C(=O)CCSc1ccc(C)cc1. The largest absolute Gasteiger partial charge is 0.480 e. The Kier molecular flexibility index (Phi) is 7.15. The van der Waals surface area contributed by atoms with Crippen molar-refractivity contribution in [2.24, 2.45) is 0 Å².